The van der Waals surface area contributed by atoms with E-state index in [-0.39, 0.29) is 129 Å². The van der Waals surface area contributed by atoms with Crippen LogP contribution in [-0.2, 0) is 68.9 Å². The van der Waals surface area contributed by atoms with Crippen LogP contribution in [0.5, 0.6) is 11.5 Å². The van der Waals surface area contributed by atoms with E-state index >= 15 is 0 Å². The molecular weight excluding hydrogens is 672 g/mol. The minimum absolute atomic E-state index is 0. The van der Waals surface area contributed by atoms with Gasteiger partial charge in [-0.15, -0.1) is 0 Å². The van der Waals surface area contributed by atoms with Gasteiger partial charge in [0, 0.05) is 27.7 Å². The van der Waals surface area contributed by atoms with Gasteiger partial charge in [-0.2, -0.15) is 0 Å². The predicted octanol–water partition coefficient (Wildman–Crippen LogP) is -12.4. The van der Waals surface area contributed by atoms with E-state index in [9.17, 15) is 62.1 Å². The summed E-state index contributed by atoms with van der Waals surface area (Å²) < 4.78 is 136. The maximum atomic E-state index is 11.3. The molecule has 2 rings (SSSR count). The summed E-state index contributed by atoms with van der Waals surface area (Å²) in [7, 11) is -20.1. The third kappa shape index (κ3) is 15.2. The summed E-state index contributed by atoms with van der Waals surface area (Å²) in [4.78, 5) is 0. The Hall–Kier alpha value is 1.68. The SMILES string of the molecule is CC(C)(c1cc(CS(=O)(=O)[O-])c(O)c(CS(=O)(=O)[O-])c1)c1cc(CS(=O)(=O)[O-])c(O)c(CS(=O)(=O)[O-])c1.[Na+].[Na+].[Na+].[Na+]. The van der Waals surface area contributed by atoms with Crippen LogP contribution in [0.1, 0.15) is 47.2 Å². The average Bonchev–Trinajstić information content (AvgIpc) is 2.63. The van der Waals surface area contributed by atoms with Crippen molar-refractivity contribution in [2.45, 2.75) is 42.3 Å². The molecule has 0 radical (unpaired) electrons. The van der Waals surface area contributed by atoms with Crippen molar-refractivity contribution in [3.63, 3.8) is 0 Å². The molecule has 14 nitrogen and oxygen atoms in total. The number of benzene rings is 2. The quantitative estimate of drug-likeness (QED) is 0.173. The zero-order valence-corrected chi connectivity index (χ0v) is 34.3. The van der Waals surface area contributed by atoms with Gasteiger partial charge in [-0.25, -0.2) is 33.7 Å². The first-order chi connectivity index (χ1) is 16.4. The Morgan fingerprint density at radius 2 is 0.683 bits per heavy atom. The van der Waals surface area contributed by atoms with Gasteiger partial charge in [0.1, 0.15) is 11.5 Å². The Labute approximate surface area is 327 Å². The van der Waals surface area contributed by atoms with Crippen LogP contribution in [0.3, 0.4) is 0 Å². The van der Waals surface area contributed by atoms with Crippen LogP contribution in [0.4, 0.5) is 0 Å². The second kappa shape index (κ2) is 17.0. The Morgan fingerprint density at radius 1 is 0.512 bits per heavy atom. The third-order valence-corrected chi connectivity index (χ3v) is 7.97. The van der Waals surface area contributed by atoms with E-state index in [0.29, 0.717) is 0 Å². The Bertz CT molecular complexity index is 1440. The van der Waals surface area contributed by atoms with Crippen molar-refractivity contribution in [1.29, 1.82) is 0 Å². The first kappa shape index (κ1) is 47.1. The van der Waals surface area contributed by atoms with Crippen LogP contribution in [0.25, 0.3) is 0 Å². The van der Waals surface area contributed by atoms with E-state index in [2.05, 4.69) is 0 Å². The average molecular weight is 693 g/mol. The van der Waals surface area contributed by atoms with Crippen molar-refractivity contribution in [3.8, 4) is 11.5 Å². The molecule has 0 spiro atoms. The first-order valence-corrected chi connectivity index (χ1v) is 16.1. The van der Waals surface area contributed by atoms with Gasteiger partial charge in [0.05, 0.1) is 63.5 Å². The molecule has 0 amide bonds. The molecule has 208 valence electrons. The van der Waals surface area contributed by atoms with Crippen LogP contribution in [-0.4, -0.2) is 62.1 Å². The molecule has 0 aliphatic rings. The molecule has 2 N–H and O–H groups in total. The van der Waals surface area contributed by atoms with Gasteiger partial charge in [0.2, 0.25) is 0 Å². The summed E-state index contributed by atoms with van der Waals surface area (Å²) in [5.41, 5.74) is -3.83. The van der Waals surface area contributed by atoms with Gasteiger partial charge in [0.15, 0.2) is 0 Å². The third-order valence-electron chi connectivity index (χ3n) is 5.31. The van der Waals surface area contributed by atoms with Crippen molar-refractivity contribution < 1.29 is 180 Å². The Morgan fingerprint density at radius 3 is 0.829 bits per heavy atom. The van der Waals surface area contributed by atoms with Crippen molar-refractivity contribution in [2.75, 3.05) is 0 Å². The fourth-order valence-electron chi connectivity index (χ4n) is 3.61. The number of rotatable bonds is 10. The normalized spacial score (nSPS) is 12.2. The van der Waals surface area contributed by atoms with E-state index in [1.165, 1.54) is 13.8 Å². The maximum Gasteiger partial charge on any atom is 1.00 e. The van der Waals surface area contributed by atoms with E-state index in [1.54, 1.807) is 0 Å². The van der Waals surface area contributed by atoms with Gasteiger partial charge in [-0.05, 0) is 11.1 Å². The van der Waals surface area contributed by atoms with Crippen LogP contribution in [0.15, 0.2) is 24.3 Å². The second-order valence-corrected chi connectivity index (χ2v) is 14.3. The van der Waals surface area contributed by atoms with Crippen molar-refractivity contribution >= 4 is 40.5 Å². The van der Waals surface area contributed by atoms with Gasteiger partial charge < -0.3 is 28.4 Å². The Kier molecular flexibility index (Phi) is 19.5. The molecule has 0 aliphatic carbocycles. The molecule has 2 aromatic rings. The molecule has 0 saturated heterocycles. The monoisotopic (exact) mass is 692 g/mol. The minimum atomic E-state index is -5.02. The number of phenolic OH excluding ortho intramolecular Hbond substituents is 2. The molecule has 0 aliphatic heterocycles. The molecule has 0 fully saturated rings. The number of phenols is 2. The van der Waals surface area contributed by atoms with Crippen molar-refractivity contribution in [2.24, 2.45) is 0 Å². The van der Waals surface area contributed by atoms with Gasteiger partial charge >= 0.3 is 118 Å². The molecule has 0 atom stereocenters. The van der Waals surface area contributed by atoms with Crippen LogP contribution < -0.4 is 118 Å². The van der Waals surface area contributed by atoms with Crippen molar-refractivity contribution in [1.82, 2.24) is 0 Å². The van der Waals surface area contributed by atoms with Gasteiger partial charge in [0.25, 0.3) is 0 Å². The van der Waals surface area contributed by atoms with Crippen LogP contribution in [0, 0.1) is 0 Å². The molecule has 2 aromatic carbocycles. The zero-order chi connectivity index (χ0) is 28.8. The molecule has 0 bridgehead atoms. The summed E-state index contributed by atoms with van der Waals surface area (Å²) in [6.45, 7) is 2.75. The van der Waals surface area contributed by atoms with Gasteiger partial charge in [-0.3, -0.25) is 0 Å². The largest absolute Gasteiger partial charge is 1.00 e. The predicted molar refractivity (Wildman–Crippen MR) is 122 cm³/mol. The van der Waals surface area contributed by atoms with Crippen LogP contribution in [0.2, 0.25) is 0 Å². The molecule has 0 heterocycles. The molecule has 0 aromatic heterocycles. The van der Waals surface area contributed by atoms with E-state index in [1.807, 2.05) is 0 Å². The summed E-state index contributed by atoms with van der Waals surface area (Å²) in [6.07, 6.45) is 0. The Balaban J connectivity index is -0.00000361. The number of aromatic hydroxyl groups is 2. The summed E-state index contributed by atoms with van der Waals surface area (Å²) in [5, 5.41) is 20.6. The van der Waals surface area contributed by atoms with Crippen LogP contribution >= 0.6 is 0 Å². The number of hydrogen-bond donors (Lipinski definition) is 2. The van der Waals surface area contributed by atoms with E-state index in [0.717, 1.165) is 24.3 Å². The smallest absolute Gasteiger partial charge is 0.748 e. The summed E-state index contributed by atoms with van der Waals surface area (Å²) >= 11 is 0. The topological polar surface area (TPSA) is 269 Å². The molecule has 22 heteroatoms. The summed E-state index contributed by atoms with van der Waals surface area (Å²) in [5.74, 6) is -7.10. The standard InChI is InChI=1S/C19H24O14S4.4Na/c1-19(2,15-3-11(7-34(22,23)24)17(20)12(4-15)8-35(25,26)27)16-5-13(9-36(28,29)30)18(21)14(6-16)10-37(31,32)33;;;;/h3-6,20-21H,7-10H2,1-2H3,(H,22,23,24)(H,25,26,27)(H,28,29,30)(H,31,32,33);;;;/q;4*+1/p-4. The molecule has 0 saturated carbocycles. The van der Waals surface area contributed by atoms with E-state index in [4.69, 9.17) is 0 Å². The molecular formula is C19H20Na4O14S4. The minimum Gasteiger partial charge on any atom is -0.748 e. The summed E-state index contributed by atoms with van der Waals surface area (Å²) in [6, 6.07) is 3.97. The fraction of sp³-hybridized carbons (Fsp3) is 0.368. The molecule has 0 unspecified atom stereocenters. The van der Waals surface area contributed by atoms with Crippen molar-refractivity contribution in [3.05, 3.63) is 57.6 Å². The zero-order valence-electron chi connectivity index (χ0n) is 23.1. The molecule has 41 heavy (non-hydrogen) atoms. The van der Waals surface area contributed by atoms with E-state index < -0.39 is 103 Å². The maximum absolute atomic E-state index is 11.3. The fourth-order valence-corrected chi connectivity index (χ4v) is 6.01. The van der Waals surface area contributed by atoms with Gasteiger partial charge in [-0.1, -0.05) is 38.1 Å². The first-order valence-electron chi connectivity index (χ1n) is 9.83. The second-order valence-electron chi connectivity index (χ2n) is 8.72. The number of hydrogen-bond acceptors (Lipinski definition) is 14.